The van der Waals surface area contributed by atoms with Crippen LogP contribution in [-0.2, 0) is 19.0 Å². The van der Waals surface area contributed by atoms with Crippen molar-refractivity contribution in [2.45, 2.75) is 50.0 Å². The van der Waals surface area contributed by atoms with Crippen LogP contribution in [0.3, 0.4) is 0 Å². The number of halogens is 3. The van der Waals surface area contributed by atoms with Gasteiger partial charge in [-0.3, -0.25) is 4.90 Å². The van der Waals surface area contributed by atoms with Crippen molar-refractivity contribution in [3.8, 4) is 0 Å². The highest BCUT2D eigenvalue weighted by Gasteiger charge is 2.38. The van der Waals surface area contributed by atoms with Gasteiger partial charge in [0, 0.05) is 51.3 Å². The van der Waals surface area contributed by atoms with Gasteiger partial charge in [-0.1, -0.05) is 0 Å². The Morgan fingerprint density at radius 1 is 1.06 bits per heavy atom. The summed E-state index contributed by atoms with van der Waals surface area (Å²) in [6, 6.07) is 3.07. The maximum atomic E-state index is 10.6. The number of carboxylic acid groups (broad SMARTS) is 1. The molecule has 3 aliphatic rings. The number of carbonyl (C=O) groups is 1. The fourth-order valence-corrected chi connectivity index (χ4v) is 3.96. The lowest BCUT2D eigenvalue weighted by Crippen LogP contribution is -2.48. The van der Waals surface area contributed by atoms with E-state index in [0.717, 1.165) is 76.9 Å². The van der Waals surface area contributed by atoms with Gasteiger partial charge in [-0.25, -0.2) is 14.8 Å². The summed E-state index contributed by atoms with van der Waals surface area (Å²) in [5, 5.41) is 10.7. The summed E-state index contributed by atoms with van der Waals surface area (Å²) in [6.07, 6.45) is 0.994. The van der Waals surface area contributed by atoms with Crippen molar-refractivity contribution in [3.63, 3.8) is 0 Å². The van der Waals surface area contributed by atoms with Gasteiger partial charge in [0.1, 0.15) is 11.6 Å². The Bertz CT molecular complexity index is 727. The van der Waals surface area contributed by atoms with Gasteiger partial charge in [-0.15, -0.1) is 0 Å². The van der Waals surface area contributed by atoms with Gasteiger partial charge in [0.2, 0.25) is 0 Å². The molecule has 0 bridgehead atoms. The molecule has 1 unspecified atom stereocenters. The molecule has 0 aliphatic carbocycles. The first kappa shape index (κ1) is 24.6. The van der Waals surface area contributed by atoms with Gasteiger partial charge in [-0.05, 0) is 31.7 Å². The number of ether oxygens (including phenoxy) is 3. The molecule has 3 saturated heterocycles. The van der Waals surface area contributed by atoms with Gasteiger partial charge in [0.25, 0.3) is 0 Å². The topological polar surface area (TPSA) is 106 Å². The monoisotopic (exact) mass is 462 g/mol. The van der Waals surface area contributed by atoms with Crippen molar-refractivity contribution in [2.24, 2.45) is 0 Å². The van der Waals surface area contributed by atoms with Crippen molar-refractivity contribution in [1.82, 2.24) is 14.9 Å². The summed E-state index contributed by atoms with van der Waals surface area (Å²) < 4.78 is 48.5. The van der Waals surface area contributed by atoms with E-state index in [1.807, 2.05) is 12.3 Å². The number of nitrogens with one attached hydrogen (secondary N) is 1. The fourth-order valence-electron chi connectivity index (χ4n) is 3.96. The smallest absolute Gasteiger partial charge is 0.475 e. The van der Waals surface area contributed by atoms with Crippen LogP contribution in [0.4, 0.5) is 19.0 Å². The molecule has 1 aromatic heterocycles. The average molecular weight is 462 g/mol. The number of carboxylic acids is 1. The third-order valence-corrected chi connectivity index (χ3v) is 5.62. The number of aromatic nitrogens is 2. The van der Waals surface area contributed by atoms with Crippen LogP contribution in [0.5, 0.6) is 0 Å². The average Bonchev–Trinajstić information content (AvgIpc) is 2.80. The summed E-state index contributed by atoms with van der Waals surface area (Å²) in [5.41, 5.74) is 0. The first-order valence-corrected chi connectivity index (χ1v) is 10.7. The van der Waals surface area contributed by atoms with Gasteiger partial charge in [0.15, 0.2) is 0 Å². The maximum absolute atomic E-state index is 10.6. The van der Waals surface area contributed by atoms with Crippen molar-refractivity contribution in [2.75, 3.05) is 51.5 Å². The van der Waals surface area contributed by atoms with E-state index in [1.165, 1.54) is 0 Å². The first-order chi connectivity index (χ1) is 15.3. The number of rotatable bonds is 4. The minimum atomic E-state index is -5.08. The maximum Gasteiger partial charge on any atom is 0.490 e. The Labute approximate surface area is 184 Å². The summed E-state index contributed by atoms with van der Waals surface area (Å²) in [4.78, 5) is 20.8. The van der Waals surface area contributed by atoms with E-state index in [1.54, 1.807) is 0 Å². The number of morpholine rings is 1. The molecule has 180 valence electrons. The minimum Gasteiger partial charge on any atom is -0.475 e. The Morgan fingerprint density at radius 3 is 2.31 bits per heavy atom. The lowest BCUT2D eigenvalue weighted by molar-refractivity contribution is -0.192. The lowest BCUT2D eigenvalue weighted by atomic mass is 10.0. The number of nitrogens with zero attached hydrogens (tertiary/aromatic N) is 3. The molecule has 12 heteroatoms. The Morgan fingerprint density at radius 2 is 1.69 bits per heavy atom. The second-order valence-electron chi connectivity index (χ2n) is 7.81. The molecule has 32 heavy (non-hydrogen) atoms. The SMILES string of the molecule is O=C(O)C(F)(F)F.c1cc(NC2CCOCC2)nc(C2COCCN2C2CCOCC2)n1. The number of aliphatic carboxylic acids is 1. The van der Waals surface area contributed by atoms with Crippen LogP contribution in [0.1, 0.15) is 37.5 Å². The third-order valence-electron chi connectivity index (χ3n) is 5.62. The first-order valence-electron chi connectivity index (χ1n) is 10.7. The number of alkyl halides is 3. The van der Waals surface area contributed by atoms with E-state index < -0.39 is 12.1 Å². The van der Waals surface area contributed by atoms with Crippen molar-refractivity contribution in [3.05, 3.63) is 18.1 Å². The molecule has 4 heterocycles. The number of hydrogen-bond acceptors (Lipinski definition) is 8. The number of anilines is 1. The predicted octanol–water partition coefficient (Wildman–Crippen LogP) is 2.25. The molecule has 1 aromatic rings. The molecule has 1 atom stereocenters. The molecule has 0 amide bonds. The predicted molar refractivity (Wildman–Crippen MR) is 107 cm³/mol. The van der Waals surface area contributed by atoms with Crippen LogP contribution in [0.25, 0.3) is 0 Å². The molecular formula is C20H29F3N4O5. The summed E-state index contributed by atoms with van der Waals surface area (Å²) in [7, 11) is 0. The lowest BCUT2D eigenvalue weighted by Gasteiger charge is -2.41. The molecular weight excluding hydrogens is 433 g/mol. The van der Waals surface area contributed by atoms with Crippen LogP contribution in [-0.4, -0.2) is 90.4 Å². The normalized spacial score (nSPS) is 23.8. The van der Waals surface area contributed by atoms with Gasteiger partial charge < -0.3 is 24.6 Å². The van der Waals surface area contributed by atoms with Crippen LogP contribution < -0.4 is 5.32 Å². The highest BCUT2D eigenvalue weighted by atomic mass is 19.4. The second-order valence-corrected chi connectivity index (χ2v) is 7.81. The van der Waals surface area contributed by atoms with E-state index in [0.29, 0.717) is 18.7 Å². The molecule has 4 rings (SSSR count). The molecule has 9 nitrogen and oxygen atoms in total. The van der Waals surface area contributed by atoms with Crippen LogP contribution in [0, 0.1) is 0 Å². The zero-order valence-corrected chi connectivity index (χ0v) is 17.7. The van der Waals surface area contributed by atoms with E-state index in [2.05, 4.69) is 15.2 Å². The molecule has 3 fully saturated rings. The van der Waals surface area contributed by atoms with E-state index in [4.69, 9.17) is 29.1 Å². The third kappa shape index (κ3) is 7.26. The van der Waals surface area contributed by atoms with Crippen LogP contribution in [0.2, 0.25) is 0 Å². The zero-order chi connectivity index (χ0) is 23.0. The minimum absolute atomic E-state index is 0.133. The van der Waals surface area contributed by atoms with Crippen LogP contribution >= 0.6 is 0 Å². The van der Waals surface area contributed by atoms with Gasteiger partial charge >= 0.3 is 12.1 Å². The quantitative estimate of drug-likeness (QED) is 0.697. The largest absolute Gasteiger partial charge is 0.490 e. The van der Waals surface area contributed by atoms with E-state index >= 15 is 0 Å². The second kappa shape index (κ2) is 11.7. The van der Waals surface area contributed by atoms with Crippen molar-refractivity contribution < 1.29 is 37.3 Å². The molecule has 0 aromatic carbocycles. The molecule has 0 radical (unpaired) electrons. The fraction of sp³-hybridized carbons (Fsp3) is 0.750. The van der Waals surface area contributed by atoms with E-state index in [-0.39, 0.29) is 6.04 Å². The van der Waals surface area contributed by atoms with Crippen molar-refractivity contribution >= 4 is 11.8 Å². The van der Waals surface area contributed by atoms with Gasteiger partial charge in [0.05, 0.1) is 19.3 Å². The molecule has 0 spiro atoms. The van der Waals surface area contributed by atoms with Crippen LogP contribution in [0.15, 0.2) is 12.3 Å². The Kier molecular flexibility index (Phi) is 9.02. The Hall–Kier alpha value is -2.02. The zero-order valence-electron chi connectivity index (χ0n) is 17.7. The highest BCUT2D eigenvalue weighted by Crippen LogP contribution is 2.28. The highest BCUT2D eigenvalue weighted by molar-refractivity contribution is 5.73. The molecule has 2 N–H and O–H groups in total. The Balaban J connectivity index is 0.000000360. The summed E-state index contributed by atoms with van der Waals surface area (Å²) >= 11 is 0. The summed E-state index contributed by atoms with van der Waals surface area (Å²) in [5.74, 6) is -0.981. The standard InChI is InChI=1S/C18H28N4O3.C2HF3O2/c1-6-19-18(21-17(1)20-14-2-8-23-9-3-14)16-13-25-12-7-22(16)15-4-10-24-11-5-15;3-2(4,5)1(6)7/h1,6,14-16H,2-5,7-13H2,(H,19,20,21);(H,6,7). The number of hydrogen-bond donors (Lipinski definition) is 2. The molecule has 0 saturated carbocycles. The van der Waals surface area contributed by atoms with E-state index in [9.17, 15) is 13.2 Å². The molecule has 3 aliphatic heterocycles. The van der Waals surface area contributed by atoms with Crippen molar-refractivity contribution in [1.29, 1.82) is 0 Å². The van der Waals surface area contributed by atoms with Gasteiger partial charge in [-0.2, -0.15) is 13.2 Å². The summed E-state index contributed by atoms with van der Waals surface area (Å²) in [6.45, 7) is 5.73.